The Kier molecular flexibility index (Phi) is 18.3. The molecular weight excluding hydrogens is 920 g/mol. The average Bonchev–Trinajstić information content (AvgIpc) is 3.93. The Bertz CT molecular complexity index is 3080. The zero-order valence-electron chi connectivity index (χ0n) is 40.0. The summed E-state index contributed by atoms with van der Waals surface area (Å²) in [5.41, 5.74) is 3.26. The van der Waals surface area contributed by atoms with Crippen LogP contribution in [0.4, 0.5) is 4.39 Å². The molecule has 2 heterocycles. The minimum atomic E-state index is -1.36. The molecule has 2 aliphatic heterocycles. The van der Waals surface area contributed by atoms with Crippen molar-refractivity contribution in [2.45, 2.75) is 63.5 Å². The van der Waals surface area contributed by atoms with Crippen LogP contribution in [0.15, 0.2) is 140 Å². The first kappa shape index (κ1) is 52.0. The summed E-state index contributed by atoms with van der Waals surface area (Å²) in [6, 6.07) is 43.8. The number of ketones is 3. The summed E-state index contributed by atoms with van der Waals surface area (Å²) in [6.45, 7) is 2.56. The lowest BCUT2D eigenvalue weighted by Crippen LogP contribution is -2.48. The molecule has 0 saturated carbocycles. The highest BCUT2D eigenvalue weighted by molar-refractivity contribution is 6.36. The number of hydrogen-bond acceptors (Lipinski definition) is 11. The van der Waals surface area contributed by atoms with E-state index in [-0.39, 0.29) is 49.5 Å². The van der Waals surface area contributed by atoms with Gasteiger partial charge in [0, 0.05) is 25.8 Å². The van der Waals surface area contributed by atoms with Crippen LogP contribution in [0, 0.1) is 5.82 Å². The topological polar surface area (TPSA) is 186 Å². The smallest absolute Gasteiger partial charge is 0.374 e. The summed E-state index contributed by atoms with van der Waals surface area (Å²) in [5.74, 6) is -5.04. The lowest BCUT2D eigenvalue weighted by atomic mass is 9.99. The van der Waals surface area contributed by atoms with Crippen LogP contribution in [0.5, 0.6) is 11.5 Å². The van der Waals surface area contributed by atoms with Gasteiger partial charge in [-0.2, -0.15) is 0 Å². The number of rotatable bonds is 17. The number of benzene rings is 7. The van der Waals surface area contributed by atoms with Crippen molar-refractivity contribution in [2.75, 3.05) is 40.0 Å². The van der Waals surface area contributed by atoms with Crippen molar-refractivity contribution >= 4 is 67.5 Å². The summed E-state index contributed by atoms with van der Waals surface area (Å²) >= 11 is 0. The van der Waals surface area contributed by atoms with Crippen LogP contribution in [-0.4, -0.2) is 96.3 Å². The number of carbonyl (C=O) groups is 6. The Morgan fingerprint density at radius 2 is 1.07 bits per heavy atom. The molecule has 372 valence electrons. The maximum atomic E-state index is 14.6. The number of aliphatic hydroxyl groups excluding tert-OH is 1. The number of carboxylic acids is 1. The number of halogens is 1. The Labute approximate surface area is 416 Å². The molecule has 0 unspecified atom stereocenters. The molecule has 3 N–H and O–H groups in total. The lowest BCUT2D eigenvalue weighted by molar-refractivity contribution is -0.151. The molecule has 9 rings (SSSR count). The average molecular weight is 977 g/mol. The largest absolute Gasteiger partial charge is 0.486 e. The number of carbonyl (C=O) groups excluding carboxylic acids is 5. The normalized spacial score (nSPS) is 13.7. The lowest BCUT2D eigenvalue weighted by Gasteiger charge is -2.29. The van der Waals surface area contributed by atoms with E-state index in [2.05, 4.69) is 15.0 Å². The van der Waals surface area contributed by atoms with Gasteiger partial charge in [-0.3, -0.25) is 19.2 Å². The quantitative estimate of drug-likeness (QED) is 0.0585. The molecule has 7 aromatic carbocycles. The third-order valence-corrected chi connectivity index (χ3v) is 12.6. The van der Waals surface area contributed by atoms with E-state index in [1.165, 1.54) is 24.6 Å². The number of aryl methyl sites for hydroxylation is 3. The highest BCUT2D eigenvalue weighted by Gasteiger charge is 2.31. The van der Waals surface area contributed by atoms with Crippen molar-refractivity contribution in [1.82, 2.24) is 10.2 Å². The number of likely N-dealkylation sites (tertiary alicyclic amines) is 1. The van der Waals surface area contributed by atoms with Gasteiger partial charge in [-0.05, 0) is 112 Å². The second kappa shape index (κ2) is 25.3. The molecular formula is C58H57FN2O11. The summed E-state index contributed by atoms with van der Waals surface area (Å²) in [7, 11) is 1.22. The van der Waals surface area contributed by atoms with Crippen molar-refractivity contribution in [3.63, 3.8) is 0 Å². The first-order valence-electron chi connectivity index (χ1n) is 24.0. The Hall–Kier alpha value is -7.81. The van der Waals surface area contributed by atoms with E-state index in [1.807, 2.05) is 127 Å². The third-order valence-electron chi connectivity index (χ3n) is 12.6. The van der Waals surface area contributed by atoms with E-state index in [9.17, 15) is 38.3 Å². The van der Waals surface area contributed by atoms with Crippen molar-refractivity contribution in [3.8, 4) is 11.5 Å². The number of fused-ring (bicyclic) bond motifs is 4. The highest BCUT2D eigenvalue weighted by Crippen LogP contribution is 2.36. The SMILES string of the molecule is COC(=O)C(=O)CCc1ccc2ccccc2c1.O=C(CCc1ccc2ccccc2c1)C(=O)N[C@H](CN1CCCC1)[C@H](O)c1cc(F)c2c(c1)OCCO2.O=C(O)C(=O)CCc1ccc2ccccc2c1. The standard InChI is InChI=1S/C29H31FN2O5.C15H14O3.C14H12O3/c30-23-16-22(17-26-28(23)37-14-13-36-26)27(34)24(18-32-11-3-4-12-32)31-29(35)25(33)10-8-19-7-9-20-5-1-2-6-21(20)15-19;1-18-15(17)14(16)9-7-11-6-8-12-4-2-3-5-13(12)10-11;15-13(14(16)17)8-6-10-5-7-11-3-1-2-4-12(11)9-10/h1-2,5-7,9,15-17,24,27,34H,3-4,8,10-14,18H2,(H,31,35);2-6,8,10H,7,9H2,1H3;1-5,7,9H,6,8H2,(H,16,17)/t24-,27-;;/m1../s1. The minimum Gasteiger partial charge on any atom is -0.486 e. The number of Topliss-reactive ketones (excluding diaryl/α,β-unsaturated/α-hetero) is 3. The van der Waals surface area contributed by atoms with Gasteiger partial charge in [0.2, 0.25) is 17.3 Å². The van der Waals surface area contributed by atoms with Gasteiger partial charge in [-0.15, -0.1) is 0 Å². The number of esters is 1. The highest BCUT2D eigenvalue weighted by atomic mass is 19.1. The number of aliphatic hydroxyl groups is 1. The van der Waals surface area contributed by atoms with Gasteiger partial charge in [0.1, 0.15) is 19.3 Å². The van der Waals surface area contributed by atoms with Crippen LogP contribution in [-0.2, 0) is 52.8 Å². The fraction of sp³-hybridized carbons (Fsp3) is 0.276. The number of ether oxygens (including phenoxy) is 3. The molecule has 14 heteroatoms. The fourth-order valence-corrected chi connectivity index (χ4v) is 8.64. The number of nitrogens with zero attached hydrogens (tertiary/aromatic N) is 1. The van der Waals surface area contributed by atoms with E-state index in [0.717, 1.165) is 69.6 Å². The summed E-state index contributed by atoms with van der Waals surface area (Å²) in [4.78, 5) is 71.4. The zero-order chi connectivity index (χ0) is 51.0. The minimum absolute atomic E-state index is 0.0196. The van der Waals surface area contributed by atoms with Gasteiger partial charge in [-0.1, -0.05) is 127 Å². The molecule has 0 bridgehead atoms. The molecule has 1 amide bonds. The second-order valence-corrected chi connectivity index (χ2v) is 17.7. The molecule has 1 saturated heterocycles. The van der Waals surface area contributed by atoms with Gasteiger partial charge in [0.05, 0.1) is 13.2 Å². The van der Waals surface area contributed by atoms with Crippen LogP contribution in [0.3, 0.4) is 0 Å². The number of nitrogens with one attached hydrogen (secondary N) is 1. The molecule has 2 aliphatic rings. The van der Waals surface area contributed by atoms with Crippen LogP contribution >= 0.6 is 0 Å². The van der Waals surface area contributed by atoms with Crippen LogP contribution in [0.25, 0.3) is 32.3 Å². The van der Waals surface area contributed by atoms with Crippen molar-refractivity contribution in [2.24, 2.45) is 0 Å². The van der Waals surface area contributed by atoms with Gasteiger partial charge in [0.15, 0.2) is 17.3 Å². The zero-order valence-corrected chi connectivity index (χ0v) is 40.0. The molecule has 7 aromatic rings. The molecule has 0 spiro atoms. The monoisotopic (exact) mass is 976 g/mol. The van der Waals surface area contributed by atoms with Gasteiger partial charge in [0.25, 0.3) is 5.91 Å². The first-order chi connectivity index (χ1) is 34.8. The molecule has 1 fully saturated rings. The molecule has 0 radical (unpaired) electrons. The van der Waals surface area contributed by atoms with Crippen molar-refractivity contribution < 1.29 is 57.6 Å². The van der Waals surface area contributed by atoms with Crippen LogP contribution in [0.1, 0.15) is 60.5 Å². The third kappa shape index (κ3) is 14.4. The van der Waals surface area contributed by atoms with Gasteiger partial charge < -0.3 is 34.6 Å². The first-order valence-corrected chi connectivity index (χ1v) is 24.0. The Morgan fingerprint density at radius 1 is 0.611 bits per heavy atom. The van der Waals surface area contributed by atoms with Crippen molar-refractivity contribution in [3.05, 3.63) is 168 Å². The second-order valence-electron chi connectivity index (χ2n) is 17.7. The molecule has 72 heavy (non-hydrogen) atoms. The van der Waals surface area contributed by atoms with E-state index in [0.29, 0.717) is 25.8 Å². The maximum absolute atomic E-state index is 14.6. The van der Waals surface area contributed by atoms with Crippen LogP contribution in [0.2, 0.25) is 0 Å². The number of carboxylic acid groups (broad SMARTS) is 1. The Morgan fingerprint density at radius 3 is 1.56 bits per heavy atom. The number of hydrogen-bond donors (Lipinski definition) is 3. The predicted molar refractivity (Wildman–Crippen MR) is 271 cm³/mol. The summed E-state index contributed by atoms with van der Waals surface area (Å²) in [6.07, 6.45) is 2.57. The molecule has 13 nitrogen and oxygen atoms in total. The van der Waals surface area contributed by atoms with E-state index >= 15 is 0 Å². The summed E-state index contributed by atoms with van der Waals surface area (Å²) < 4.78 is 29.9. The van der Waals surface area contributed by atoms with Gasteiger partial charge in [-0.25, -0.2) is 14.0 Å². The van der Waals surface area contributed by atoms with E-state index in [1.54, 1.807) is 0 Å². The number of amides is 1. The van der Waals surface area contributed by atoms with Gasteiger partial charge >= 0.3 is 11.9 Å². The summed E-state index contributed by atoms with van der Waals surface area (Å²) in [5, 5.41) is 29.2. The molecule has 0 aromatic heterocycles. The fourth-order valence-electron chi connectivity index (χ4n) is 8.64. The predicted octanol–water partition coefficient (Wildman–Crippen LogP) is 8.51. The molecule has 2 atom stereocenters. The van der Waals surface area contributed by atoms with E-state index in [4.69, 9.17) is 14.6 Å². The van der Waals surface area contributed by atoms with Crippen LogP contribution < -0.4 is 14.8 Å². The molecule has 0 aliphatic carbocycles. The van der Waals surface area contributed by atoms with E-state index < -0.39 is 53.2 Å². The number of methoxy groups -OCH3 is 1. The Balaban J connectivity index is 0.000000180. The van der Waals surface area contributed by atoms with Crippen molar-refractivity contribution in [1.29, 1.82) is 0 Å². The number of aliphatic carboxylic acids is 1. The maximum Gasteiger partial charge on any atom is 0.374 e.